The summed E-state index contributed by atoms with van der Waals surface area (Å²) in [6, 6.07) is 11.7. The van der Waals surface area contributed by atoms with E-state index in [-0.39, 0.29) is 29.0 Å². The number of nitrogens with one attached hydrogen (secondary N) is 1. The fraction of sp³-hybridized carbons (Fsp3) is 0.240. The third kappa shape index (κ3) is 4.22. The number of carbonyl (C=O) groups is 4. The maximum atomic E-state index is 12.9. The third-order valence-corrected chi connectivity index (χ3v) is 6.07. The highest BCUT2D eigenvalue weighted by Gasteiger charge is 2.36. The summed E-state index contributed by atoms with van der Waals surface area (Å²) in [6.07, 6.45) is 3.10. The SMILES string of the molecule is CCCCN1C(=O)C(=Cc2ccc(OC)c(CN3C(=O)c4ccccc4C3=O)c2)C(=O)NC1=S. The van der Waals surface area contributed by atoms with Gasteiger partial charge >= 0.3 is 0 Å². The zero-order valence-corrected chi connectivity index (χ0v) is 19.6. The molecule has 9 heteroatoms. The number of hydrogen-bond acceptors (Lipinski definition) is 6. The highest BCUT2D eigenvalue weighted by Crippen LogP contribution is 2.29. The molecule has 8 nitrogen and oxygen atoms in total. The molecule has 2 aliphatic rings. The van der Waals surface area contributed by atoms with Crippen molar-refractivity contribution < 1.29 is 23.9 Å². The molecule has 2 aromatic carbocycles. The average Bonchev–Trinajstić information content (AvgIpc) is 3.07. The van der Waals surface area contributed by atoms with Crippen molar-refractivity contribution in [3.63, 3.8) is 0 Å². The molecule has 4 rings (SSSR count). The Morgan fingerprint density at radius 1 is 0.971 bits per heavy atom. The van der Waals surface area contributed by atoms with Gasteiger partial charge in [0, 0.05) is 12.1 Å². The van der Waals surface area contributed by atoms with Crippen LogP contribution in [0.25, 0.3) is 6.08 Å². The van der Waals surface area contributed by atoms with E-state index in [1.54, 1.807) is 42.5 Å². The quantitative estimate of drug-likeness (QED) is 0.285. The number of methoxy groups -OCH3 is 1. The number of ether oxygens (including phenoxy) is 1. The molecule has 0 bridgehead atoms. The van der Waals surface area contributed by atoms with E-state index in [1.807, 2.05) is 6.92 Å². The first-order valence-corrected chi connectivity index (χ1v) is 11.3. The molecule has 0 saturated carbocycles. The number of fused-ring (bicyclic) bond motifs is 1. The van der Waals surface area contributed by atoms with Gasteiger partial charge in [0.2, 0.25) is 0 Å². The summed E-state index contributed by atoms with van der Waals surface area (Å²) in [5.74, 6) is -1.31. The Kier molecular flexibility index (Phi) is 6.56. The van der Waals surface area contributed by atoms with Crippen LogP contribution >= 0.6 is 12.2 Å². The van der Waals surface area contributed by atoms with Crippen molar-refractivity contribution in [2.24, 2.45) is 0 Å². The second kappa shape index (κ2) is 9.56. The van der Waals surface area contributed by atoms with E-state index < -0.39 is 11.8 Å². The topological polar surface area (TPSA) is 96.0 Å². The lowest BCUT2D eigenvalue weighted by molar-refractivity contribution is -0.128. The highest BCUT2D eigenvalue weighted by atomic mass is 32.1. The van der Waals surface area contributed by atoms with E-state index in [4.69, 9.17) is 17.0 Å². The Labute approximate surface area is 202 Å². The second-order valence-electron chi connectivity index (χ2n) is 7.94. The van der Waals surface area contributed by atoms with Crippen LogP contribution in [0.15, 0.2) is 48.0 Å². The first kappa shape index (κ1) is 23.3. The van der Waals surface area contributed by atoms with Gasteiger partial charge in [-0.25, -0.2) is 0 Å². The predicted molar refractivity (Wildman–Crippen MR) is 129 cm³/mol. The van der Waals surface area contributed by atoms with Gasteiger partial charge in [0.05, 0.1) is 24.8 Å². The van der Waals surface area contributed by atoms with Gasteiger partial charge in [-0.1, -0.05) is 31.5 Å². The van der Waals surface area contributed by atoms with Crippen LogP contribution < -0.4 is 10.1 Å². The molecule has 0 aliphatic carbocycles. The molecule has 174 valence electrons. The monoisotopic (exact) mass is 477 g/mol. The van der Waals surface area contributed by atoms with Crippen molar-refractivity contribution in [1.82, 2.24) is 15.1 Å². The molecule has 34 heavy (non-hydrogen) atoms. The number of benzene rings is 2. The van der Waals surface area contributed by atoms with Crippen molar-refractivity contribution in [3.05, 3.63) is 70.3 Å². The number of nitrogens with zero attached hydrogens (tertiary/aromatic N) is 2. The lowest BCUT2D eigenvalue weighted by Crippen LogP contribution is -2.54. The van der Waals surface area contributed by atoms with Gasteiger partial charge in [0.1, 0.15) is 11.3 Å². The molecule has 2 aromatic rings. The van der Waals surface area contributed by atoms with Crippen molar-refractivity contribution in [2.75, 3.05) is 13.7 Å². The van der Waals surface area contributed by atoms with Crippen LogP contribution in [0.2, 0.25) is 0 Å². The summed E-state index contributed by atoms with van der Waals surface area (Å²) in [5.41, 5.74) is 1.79. The molecule has 0 atom stereocenters. The van der Waals surface area contributed by atoms with E-state index in [2.05, 4.69) is 5.32 Å². The number of hydrogen-bond donors (Lipinski definition) is 1. The summed E-state index contributed by atoms with van der Waals surface area (Å²) < 4.78 is 5.42. The molecule has 1 saturated heterocycles. The standard InChI is InChI=1S/C25H23N3O5S/c1-3-4-11-27-24(32)19(21(29)26-25(27)34)13-15-9-10-20(33-2)16(12-15)14-28-22(30)17-7-5-6-8-18(17)23(28)31/h5-10,12-13H,3-4,11,14H2,1-2H3,(H,26,29,34). The maximum Gasteiger partial charge on any atom is 0.265 e. The Morgan fingerprint density at radius 2 is 1.65 bits per heavy atom. The molecule has 0 spiro atoms. The summed E-state index contributed by atoms with van der Waals surface area (Å²) in [5, 5.41) is 2.66. The molecular formula is C25H23N3O5S. The summed E-state index contributed by atoms with van der Waals surface area (Å²) >= 11 is 5.16. The number of amides is 4. The minimum Gasteiger partial charge on any atom is -0.496 e. The van der Waals surface area contributed by atoms with Gasteiger partial charge in [0.25, 0.3) is 23.6 Å². The van der Waals surface area contributed by atoms with Gasteiger partial charge < -0.3 is 4.74 Å². The average molecular weight is 478 g/mol. The van der Waals surface area contributed by atoms with Crippen LogP contribution in [0.4, 0.5) is 0 Å². The molecule has 1 N–H and O–H groups in total. The molecular weight excluding hydrogens is 454 g/mol. The molecule has 0 radical (unpaired) electrons. The van der Waals surface area contributed by atoms with Crippen molar-refractivity contribution in [1.29, 1.82) is 0 Å². The molecule has 4 amide bonds. The third-order valence-electron chi connectivity index (χ3n) is 5.74. The Bertz CT molecular complexity index is 1220. The van der Waals surface area contributed by atoms with Crippen LogP contribution in [0.3, 0.4) is 0 Å². The Hall–Kier alpha value is -3.85. The minimum absolute atomic E-state index is 0.0145. The normalized spacial score (nSPS) is 16.9. The van der Waals surface area contributed by atoms with E-state index >= 15 is 0 Å². The van der Waals surface area contributed by atoms with Crippen molar-refractivity contribution >= 4 is 47.0 Å². The molecule has 0 unspecified atom stereocenters. The number of carbonyl (C=O) groups excluding carboxylic acids is 4. The summed E-state index contributed by atoms with van der Waals surface area (Å²) in [4.78, 5) is 53.6. The number of thiocarbonyl (C=S) groups is 1. The lowest BCUT2D eigenvalue weighted by atomic mass is 10.0. The maximum absolute atomic E-state index is 12.9. The van der Waals surface area contributed by atoms with Crippen LogP contribution in [0.5, 0.6) is 5.75 Å². The van der Waals surface area contributed by atoms with E-state index in [0.717, 1.165) is 17.7 Å². The van der Waals surface area contributed by atoms with Gasteiger partial charge in [-0.05, 0) is 54.5 Å². The predicted octanol–water partition coefficient (Wildman–Crippen LogP) is 2.92. The number of imide groups is 1. The number of unbranched alkanes of at least 4 members (excludes halogenated alkanes) is 1. The van der Waals surface area contributed by atoms with E-state index in [0.29, 0.717) is 34.5 Å². The fourth-order valence-electron chi connectivity index (χ4n) is 3.94. The Balaban J connectivity index is 1.64. The molecule has 0 aromatic heterocycles. The summed E-state index contributed by atoms with van der Waals surface area (Å²) in [7, 11) is 1.49. The minimum atomic E-state index is -0.569. The van der Waals surface area contributed by atoms with Crippen molar-refractivity contribution in [2.45, 2.75) is 26.3 Å². The van der Waals surface area contributed by atoms with Gasteiger partial charge in [-0.15, -0.1) is 0 Å². The molecule has 2 aliphatic heterocycles. The second-order valence-corrected chi connectivity index (χ2v) is 8.33. The first-order valence-electron chi connectivity index (χ1n) is 10.9. The van der Waals surface area contributed by atoms with Crippen LogP contribution in [-0.2, 0) is 16.1 Å². The Morgan fingerprint density at radius 3 is 2.26 bits per heavy atom. The smallest absolute Gasteiger partial charge is 0.265 e. The zero-order chi connectivity index (χ0) is 24.4. The van der Waals surface area contributed by atoms with Gasteiger partial charge in [-0.2, -0.15) is 0 Å². The molecule has 1 fully saturated rings. The zero-order valence-electron chi connectivity index (χ0n) is 18.8. The van der Waals surface area contributed by atoms with Crippen LogP contribution in [-0.4, -0.2) is 52.2 Å². The van der Waals surface area contributed by atoms with Crippen LogP contribution in [0, 0.1) is 0 Å². The highest BCUT2D eigenvalue weighted by molar-refractivity contribution is 7.80. The largest absolute Gasteiger partial charge is 0.496 e. The van der Waals surface area contributed by atoms with E-state index in [9.17, 15) is 19.2 Å². The number of rotatable bonds is 7. The van der Waals surface area contributed by atoms with Crippen molar-refractivity contribution in [3.8, 4) is 5.75 Å². The lowest BCUT2D eigenvalue weighted by Gasteiger charge is -2.28. The van der Waals surface area contributed by atoms with Gasteiger partial charge in [-0.3, -0.25) is 34.3 Å². The fourth-order valence-corrected chi connectivity index (χ4v) is 4.21. The van der Waals surface area contributed by atoms with E-state index in [1.165, 1.54) is 18.1 Å². The first-order chi connectivity index (χ1) is 16.3. The van der Waals surface area contributed by atoms with Crippen LogP contribution in [0.1, 0.15) is 51.6 Å². The summed E-state index contributed by atoms with van der Waals surface area (Å²) in [6.45, 7) is 2.40. The van der Waals surface area contributed by atoms with Gasteiger partial charge in [0.15, 0.2) is 5.11 Å². The molecule has 2 heterocycles.